The summed E-state index contributed by atoms with van der Waals surface area (Å²) in [7, 11) is 0.773. The summed E-state index contributed by atoms with van der Waals surface area (Å²) in [6, 6.07) is 4.35. The number of hydrogen-bond acceptors (Lipinski definition) is 8. The van der Waals surface area contributed by atoms with Gasteiger partial charge in [0.05, 0.1) is 40.3 Å². The molecule has 1 aliphatic carbocycles. The minimum atomic E-state index is -0.764. The number of rotatable bonds is 11. The molecule has 1 saturated carbocycles. The molecular formula is C26H32N6O3S2. The van der Waals surface area contributed by atoms with Gasteiger partial charge < -0.3 is 4.74 Å². The van der Waals surface area contributed by atoms with Crippen molar-refractivity contribution in [3.63, 3.8) is 0 Å². The number of carbonyl (C=O) groups is 1. The van der Waals surface area contributed by atoms with Crippen LogP contribution in [-0.2, 0) is 26.1 Å². The molecule has 3 atom stereocenters. The Kier molecular flexibility index (Phi) is 8.56. The number of hydrogen-bond donors (Lipinski definition) is 0. The molecule has 0 amide bonds. The smallest absolute Gasteiger partial charge is 0.307 e. The van der Waals surface area contributed by atoms with Crippen LogP contribution in [0.25, 0.3) is 22.3 Å². The van der Waals surface area contributed by atoms with Gasteiger partial charge in [-0.3, -0.25) is 14.0 Å². The second kappa shape index (κ2) is 12.2. The Morgan fingerprint density at radius 1 is 1.27 bits per heavy atom. The Bertz CT molecular complexity index is 1290. The van der Waals surface area contributed by atoms with Crippen molar-refractivity contribution in [2.45, 2.75) is 82.2 Å². The van der Waals surface area contributed by atoms with Gasteiger partial charge in [0.25, 0.3) is 0 Å². The summed E-state index contributed by atoms with van der Waals surface area (Å²) in [4.78, 5) is 21.2. The molecule has 3 aromatic rings. The zero-order chi connectivity index (χ0) is 25.6. The predicted molar refractivity (Wildman–Crippen MR) is 144 cm³/mol. The maximum absolute atomic E-state index is 12.3. The number of aromatic nitrogens is 5. The van der Waals surface area contributed by atoms with E-state index in [0.717, 1.165) is 60.9 Å². The third kappa shape index (κ3) is 6.07. The number of nitrogens with zero attached hydrogens (tertiary/aromatic N) is 6. The number of nitriles is 1. The average molecular weight is 541 g/mol. The molecule has 1 aliphatic heterocycles. The van der Waals surface area contributed by atoms with E-state index in [1.165, 1.54) is 30.0 Å². The molecule has 2 aliphatic rings. The minimum Gasteiger partial charge on any atom is -0.444 e. The third-order valence-electron chi connectivity index (χ3n) is 7.45. The van der Waals surface area contributed by atoms with Crippen LogP contribution in [-0.4, -0.2) is 45.5 Å². The van der Waals surface area contributed by atoms with Gasteiger partial charge in [-0.2, -0.15) is 10.4 Å². The summed E-state index contributed by atoms with van der Waals surface area (Å²) in [5.41, 5.74) is 2.34. The van der Waals surface area contributed by atoms with Crippen molar-refractivity contribution >= 4 is 37.6 Å². The molecular weight excluding hydrogens is 508 g/mol. The lowest BCUT2D eigenvalue weighted by molar-refractivity contribution is -0.147. The van der Waals surface area contributed by atoms with Crippen LogP contribution < -0.4 is 0 Å². The zero-order valence-electron chi connectivity index (χ0n) is 20.8. The van der Waals surface area contributed by atoms with Crippen LogP contribution in [0.15, 0.2) is 31.0 Å². The average Bonchev–Trinajstić information content (AvgIpc) is 3.71. The highest BCUT2D eigenvalue weighted by Crippen LogP contribution is 2.37. The van der Waals surface area contributed by atoms with Crippen LogP contribution in [0.1, 0.15) is 70.3 Å². The van der Waals surface area contributed by atoms with Crippen LogP contribution in [0.3, 0.4) is 0 Å². The SMILES string of the molecule is N#CC[C@H](C1CCCC1)n1cc(-c2ncnc3c2ccn3COC(=O)CCCC[C@@H]2CCSS2=O)cn1. The van der Waals surface area contributed by atoms with Gasteiger partial charge in [-0.15, -0.1) is 0 Å². The van der Waals surface area contributed by atoms with Crippen molar-refractivity contribution < 1.29 is 13.7 Å². The Hall–Kier alpha value is -2.71. The summed E-state index contributed by atoms with van der Waals surface area (Å²) < 4.78 is 21.1. The summed E-state index contributed by atoms with van der Waals surface area (Å²) in [6.45, 7) is 0.0905. The second-order valence-electron chi connectivity index (χ2n) is 9.81. The highest BCUT2D eigenvalue weighted by Gasteiger charge is 2.27. The summed E-state index contributed by atoms with van der Waals surface area (Å²) in [5, 5.41) is 15.1. The maximum Gasteiger partial charge on any atom is 0.307 e. The molecule has 9 nitrogen and oxygen atoms in total. The first-order chi connectivity index (χ1) is 18.1. The monoisotopic (exact) mass is 540 g/mol. The molecule has 1 saturated heterocycles. The van der Waals surface area contributed by atoms with E-state index in [9.17, 15) is 14.3 Å². The quantitative estimate of drug-likeness (QED) is 0.186. The third-order valence-corrected chi connectivity index (χ3v) is 11.1. The lowest BCUT2D eigenvalue weighted by atomic mass is 9.96. The first-order valence-electron chi connectivity index (χ1n) is 13.0. The van der Waals surface area contributed by atoms with Crippen molar-refractivity contribution in [2.75, 3.05) is 5.75 Å². The van der Waals surface area contributed by atoms with E-state index in [1.54, 1.807) is 10.8 Å². The van der Waals surface area contributed by atoms with Gasteiger partial charge in [-0.25, -0.2) is 14.2 Å². The second-order valence-corrected chi connectivity index (χ2v) is 13.3. The van der Waals surface area contributed by atoms with Crippen molar-refractivity contribution in [1.29, 1.82) is 5.26 Å². The molecule has 0 radical (unpaired) electrons. The Morgan fingerprint density at radius 3 is 2.92 bits per heavy atom. The Labute approximate surface area is 222 Å². The van der Waals surface area contributed by atoms with E-state index >= 15 is 0 Å². The van der Waals surface area contributed by atoms with E-state index in [0.29, 0.717) is 24.4 Å². The van der Waals surface area contributed by atoms with Crippen molar-refractivity contribution in [3.8, 4) is 17.3 Å². The van der Waals surface area contributed by atoms with Crippen molar-refractivity contribution in [3.05, 3.63) is 31.0 Å². The molecule has 11 heteroatoms. The van der Waals surface area contributed by atoms with E-state index in [4.69, 9.17) is 4.74 Å². The fraction of sp³-hybridized carbons (Fsp3) is 0.577. The van der Waals surface area contributed by atoms with Crippen LogP contribution >= 0.6 is 10.8 Å². The molecule has 196 valence electrons. The standard InChI is InChI=1S/C26H32N6O3S2/c27-12-9-23(19-5-1-2-6-19)32-16-20(15-30-32)25-22-10-13-31(26(22)29-17-28-25)18-35-24(33)8-4-3-7-21-11-14-36-37(21)34/h10,13,15-17,19,21,23H,1-9,11,14,18H2/t21-,23-,37?/m1/s1. The maximum atomic E-state index is 12.3. The number of fused-ring (bicyclic) bond motifs is 1. The van der Waals surface area contributed by atoms with Gasteiger partial charge >= 0.3 is 5.97 Å². The molecule has 37 heavy (non-hydrogen) atoms. The first-order valence-corrected chi connectivity index (χ1v) is 15.8. The van der Waals surface area contributed by atoms with Gasteiger partial charge in [0, 0.05) is 40.8 Å². The normalized spacial score (nSPS) is 20.8. The molecule has 0 aromatic carbocycles. The Balaban J connectivity index is 1.20. The topological polar surface area (TPSA) is 116 Å². The predicted octanol–water partition coefficient (Wildman–Crippen LogP) is 5.17. The fourth-order valence-electron chi connectivity index (χ4n) is 5.44. The van der Waals surface area contributed by atoms with Gasteiger partial charge in [-0.05, 0) is 44.1 Å². The lowest BCUT2D eigenvalue weighted by Gasteiger charge is -2.21. The van der Waals surface area contributed by atoms with E-state index in [-0.39, 0.29) is 24.0 Å². The fourth-order valence-corrected chi connectivity index (χ4v) is 8.93. The largest absolute Gasteiger partial charge is 0.444 e. The van der Waals surface area contributed by atoms with Crippen LogP contribution in [0.2, 0.25) is 0 Å². The summed E-state index contributed by atoms with van der Waals surface area (Å²) in [6.07, 6.45) is 16.2. The highest BCUT2D eigenvalue weighted by molar-refractivity contribution is 8.69. The molecule has 4 heterocycles. The van der Waals surface area contributed by atoms with E-state index in [1.807, 2.05) is 23.1 Å². The van der Waals surface area contributed by atoms with E-state index in [2.05, 4.69) is 21.1 Å². The van der Waals surface area contributed by atoms with Gasteiger partial charge in [0.1, 0.15) is 12.0 Å². The summed E-state index contributed by atoms with van der Waals surface area (Å²) >= 11 is 0. The molecule has 1 unspecified atom stereocenters. The number of ether oxygens (including phenoxy) is 1. The molecule has 0 bridgehead atoms. The number of unbranched alkanes of at least 4 members (excludes halogenated alkanes) is 1. The van der Waals surface area contributed by atoms with Gasteiger partial charge in [-0.1, -0.05) is 30.1 Å². The Morgan fingerprint density at radius 2 is 2.14 bits per heavy atom. The van der Waals surface area contributed by atoms with Gasteiger partial charge in [0.2, 0.25) is 0 Å². The molecule has 0 spiro atoms. The molecule has 2 fully saturated rings. The van der Waals surface area contributed by atoms with Crippen molar-refractivity contribution in [2.24, 2.45) is 5.92 Å². The molecule has 0 N–H and O–H groups in total. The number of esters is 1. The van der Waals surface area contributed by atoms with Crippen LogP contribution in [0.5, 0.6) is 0 Å². The minimum absolute atomic E-state index is 0.0850. The summed E-state index contributed by atoms with van der Waals surface area (Å²) in [5.74, 6) is 1.22. The van der Waals surface area contributed by atoms with Crippen LogP contribution in [0, 0.1) is 17.2 Å². The molecule has 3 aromatic heterocycles. The van der Waals surface area contributed by atoms with Crippen molar-refractivity contribution in [1.82, 2.24) is 24.3 Å². The number of carbonyl (C=O) groups excluding carboxylic acids is 1. The zero-order valence-corrected chi connectivity index (χ0v) is 22.5. The van der Waals surface area contributed by atoms with Gasteiger partial charge in [0.15, 0.2) is 6.73 Å². The lowest BCUT2D eigenvalue weighted by Crippen LogP contribution is -2.17. The van der Waals surface area contributed by atoms with Crippen LogP contribution in [0.4, 0.5) is 0 Å². The highest BCUT2D eigenvalue weighted by atomic mass is 33.1. The molecule has 5 rings (SSSR count). The first kappa shape index (κ1) is 25.9. The van der Waals surface area contributed by atoms with E-state index < -0.39 is 9.83 Å².